The topological polar surface area (TPSA) is 23.5 Å². The zero-order valence-electron chi connectivity index (χ0n) is 9.30. The molecule has 1 heterocycles. The van der Waals surface area contributed by atoms with Crippen LogP contribution in [0.5, 0.6) is 0 Å². The minimum atomic E-state index is -2.52. The number of aliphatic hydroxyl groups excluding tert-OH is 1. The third kappa shape index (κ3) is 2.96. The molecular weight excluding hydrogens is 292 g/mol. The average molecular weight is 306 g/mol. The smallest absolute Gasteiger partial charge is 0.251 e. The van der Waals surface area contributed by atoms with E-state index in [2.05, 4.69) is 15.9 Å². The lowest BCUT2D eigenvalue weighted by Gasteiger charge is -2.33. The highest BCUT2D eigenvalue weighted by molar-refractivity contribution is 9.10. The van der Waals surface area contributed by atoms with Crippen LogP contribution in [-0.4, -0.2) is 24.1 Å². The SMILES string of the molecule is OCc1cc(N2CCC(F)(F)CC2)ccc1Br. The molecular formula is C12H14BrF2NO. The number of hydrogen-bond donors (Lipinski definition) is 1. The first-order valence-corrected chi connectivity index (χ1v) is 6.33. The van der Waals surface area contributed by atoms with E-state index in [1.165, 1.54) is 0 Å². The Labute approximate surface area is 107 Å². The van der Waals surface area contributed by atoms with E-state index in [0.717, 1.165) is 15.7 Å². The Kier molecular flexibility index (Phi) is 3.68. The van der Waals surface area contributed by atoms with E-state index in [1.54, 1.807) is 0 Å². The van der Waals surface area contributed by atoms with Gasteiger partial charge in [-0.05, 0) is 23.8 Å². The van der Waals surface area contributed by atoms with E-state index in [0.29, 0.717) is 13.1 Å². The number of anilines is 1. The fourth-order valence-corrected chi connectivity index (χ4v) is 2.34. The average Bonchev–Trinajstić information content (AvgIpc) is 2.30. The summed E-state index contributed by atoms with van der Waals surface area (Å²) in [6.07, 6.45) is -0.199. The monoisotopic (exact) mass is 305 g/mol. The summed E-state index contributed by atoms with van der Waals surface area (Å²) in [6, 6.07) is 5.56. The molecule has 0 atom stereocenters. The van der Waals surface area contributed by atoms with Crippen molar-refractivity contribution < 1.29 is 13.9 Å². The van der Waals surface area contributed by atoms with Crippen LogP contribution in [0.3, 0.4) is 0 Å². The molecule has 0 aliphatic carbocycles. The third-order valence-corrected chi connectivity index (χ3v) is 3.83. The maximum Gasteiger partial charge on any atom is 0.251 e. The molecule has 0 spiro atoms. The summed E-state index contributed by atoms with van der Waals surface area (Å²) in [6.45, 7) is 0.664. The number of rotatable bonds is 2. The highest BCUT2D eigenvalue weighted by atomic mass is 79.9. The Morgan fingerprint density at radius 1 is 1.29 bits per heavy atom. The number of nitrogens with zero attached hydrogens (tertiary/aromatic N) is 1. The Hall–Kier alpha value is -0.680. The van der Waals surface area contributed by atoms with Crippen molar-refractivity contribution in [2.24, 2.45) is 0 Å². The Morgan fingerprint density at radius 2 is 1.94 bits per heavy atom. The second kappa shape index (κ2) is 4.90. The molecule has 1 aliphatic rings. The van der Waals surface area contributed by atoms with Gasteiger partial charge in [-0.1, -0.05) is 15.9 Å². The molecule has 0 amide bonds. The van der Waals surface area contributed by atoms with Crippen molar-refractivity contribution in [1.29, 1.82) is 0 Å². The van der Waals surface area contributed by atoms with Gasteiger partial charge < -0.3 is 10.0 Å². The van der Waals surface area contributed by atoms with E-state index < -0.39 is 5.92 Å². The van der Waals surface area contributed by atoms with Gasteiger partial charge in [0, 0.05) is 36.1 Å². The summed E-state index contributed by atoms with van der Waals surface area (Å²) in [5, 5.41) is 9.16. The molecule has 0 radical (unpaired) electrons. The quantitative estimate of drug-likeness (QED) is 0.907. The van der Waals surface area contributed by atoms with Crippen molar-refractivity contribution >= 4 is 21.6 Å². The second-order valence-electron chi connectivity index (χ2n) is 4.28. The number of halogens is 3. The summed E-state index contributed by atoms with van der Waals surface area (Å²) < 4.78 is 26.9. The molecule has 1 N–H and O–H groups in total. The predicted octanol–water partition coefficient (Wildman–Crippen LogP) is 3.18. The van der Waals surface area contributed by atoms with Crippen LogP contribution in [0.15, 0.2) is 22.7 Å². The van der Waals surface area contributed by atoms with Gasteiger partial charge in [-0.3, -0.25) is 0 Å². The van der Waals surface area contributed by atoms with Crippen molar-refractivity contribution in [3.8, 4) is 0 Å². The van der Waals surface area contributed by atoms with Gasteiger partial charge in [0.25, 0.3) is 5.92 Å². The molecule has 0 bridgehead atoms. The number of alkyl halides is 2. The molecule has 1 fully saturated rings. The van der Waals surface area contributed by atoms with E-state index >= 15 is 0 Å². The molecule has 2 nitrogen and oxygen atoms in total. The van der Waals surface area contributed by atoms with E-state index in [-0.39, 0.29) is 19.4 Å². The summed E-state index contributed by atoms with van der Waals surface area (Å²) in [4.78, 5) is 1.93. The van der Waals surface area contributed by atoms with Gasteiger partial charge in [0.15, 0.2) is 0 Å². The van der Waals surface area contributed by atoms with E-state index in [4.69, 9.17) is 5.11 Å². The van der Waals surface area contributed by atoms with Crippen molar-refractivity contribution in [3.63, 3.8) is 0 Å². The van der Waals surface area contributed by atoms with Crippen molar-refractivity contribution in [3.05, 3.63) is 28.2 Å². The van der Waals surface area contributed by atoms with Crippen molar-refractivity contribution in [2.75, 3.05) is 18.0 Å². The maximum atomic E-state index is 13.0. The van der Waals surface area contributed by atoms with Crippen LogP contribution in [0.1, 0.15) is 18.4 Å². The van der Waals surface area contributed by atoms with Crippen LogP contribution in [-0.2, 0) is 6.61 Å². The van der Waals surface area contributed by atoms with Gasteiger partial charge in [-0.25, -0.2) is 8.78 Å². The van der Waals surface area contributed by atoms with E-state index in [9.17, 15) is 8.78 Å². The molecule has 0 aromatic heterocycles. The Morgan fingerprint density at radius 3 is 2.53 bits per heavy atom. The van der Waals surface area contributed by atoms with Gasteiger partial charge >= 0.3 is 0 Å². The summed E-state index contributed by atoms with van der Waals surface area (Å²) in [5.74, 6) is -2.52. The fraction of sp³-hybridized carbons (Fsp3) is 0.500. The first-order chi connectivity index (χ1) is 8.02. The Bertz CT molecular complexity index is 401. The normalized spacial score (nSPS) is 19.4. The first-order valence-electron chi connectivity index (χ1n) is 5.54. The molecule has 17 heavy (non-hydrogen) atoms. The highest BCUT2D eigenvalue weighted by Gasteiger charge is 2.34. The first kappa shape index (κ1) is 12.8. The Balaban J connectivity index is 2.13. The molecule has 1 aromatic carbocycles. The minimum absolute atomic E-state index is 0.0571. The highest BCUT2D eigenvalue weighted by Crippen LogP contribution is 2.31. The second-order valence-corrected chi connectivity index (χ2v) is 5.13. The van der Waals surface area contributed by atoms with Gasteiger partial charge in [-0.2, -0.15) is 0 Å². The van der Waals surface area contributed by atoms with Crippen LogP contribution in [0.2, 0.25) is 0 Å². The van der Waals surface area contributed by atoms with E-state index in [1.807, 2.05) is 23.1 Å². The minimum Gasteiger partial charge on any atom is -0.392 e. The van der Waals surface area contributed by atoms with Gasteiger partial charge in [0.1, 0.15) is 0 Å². The zero-order chi connectivity index (χ0) is 12.5. The lowest BCUT2D eigenvalue weighted by Crippen LogP contribution is -2.39. The number of hydrogen-bond acceptors (Lipinski definition) is 2. The molecule has 5 heteroatoms. The molecule has 2 rings (SSSR count). The molecule has 1 aromatic rings. The van der Waals surface area contributed by atoms with Gasteiger partial charge in [-0.15, -0.1) is 0 Å². The van der Waals surface area contributed by atoms with Gasteiger partial charge in [0.2, 0.25) is 0 Å². The predicted molar refractivity (Wildman–Crippen MR) is 66.5 cm³/mol. The van der Waals surface area contributed by atoms with Crippen LogP contribution in [0, 0.1) is 0 Å². The zero-order valence-corrected chi connectivity index (χ0v) is 10.9. The summed E-state index contributed by atoms with van der Waals surface area (Å²) in [5.41, 5.74) is 1.67. The lowest BCUT2D eigenvalue weighted by molar-refractivity contribution is -0.0220. The molecule has 1 aliphatic heterocycles. The van der Waals surface area contributed by atoms with Crippen LogP contribution >= 0.6 is 15.9 Å². The summed E-state index contributed by atoms with van der Waals surface area (Å²) >= 11 is 3.33. The largest absolute Gasteiger partial charge is 0.392 e. The summed E-state index contributed by atoms with van der Waals surface area (Å²) in [7, 11) is 0. The van der Waals surface area contributed by atoms with Gasteiger partial charge in [0.05, 0.1) is 6.61 Å². The molecule has 94 valence electrons. The van der Waals surface area contributed by atoms with Crippen LogP contribution in [0.4, 0.5) is 14.5 Å². The lowest BCUT2D eigenvalue weighted by atomic mass is 10.1. The molecule has 0 unspecified atom stereocenters. The standard InChI is InChI=1S/C12H14BrF2NO/c13-11-2-1-10(7-9(11)8-17)16-5-3-12(14,15)4-6-16/h1-2,7,17H,3-6,8H2. The number of benzene rings is 1. The fourth-order valence-electron chi connectivity index (χ4n) is 1.97. The van der Waals surface area contributed by atoms with Crippen LogP contribution in [0.25, 0.3) is 0 Å². The maximum absolute atomic E-state index is 13.0. The molecule has 0 saturated carbocycles. The number of piperidine rings is 1. The van der Waals surface area contributed by atoms with Crippen molar-refractivity contribution in [1.82, 2.24) is 0 Å². The third-order valence-electron chi connectivity index (χ3n) is 3.06. The molecule has 1 saturated heterocycles. The number of aliphatic hydroxyl groups is 1. The van der Waals surface area contributed by atoms with Crippen molar-refractivity contribution in [2.45, 2.75) is 25.4 Å². The van der Waals surface area contributed by atoms with Crippen LogP contribution < -0.4 is 4.90 Å².